The van der Waals surface area contributed by atoms with Crippen LogP contribution in [0.5, 0.6) is 11.5 Å². The molecular weight excluding hydrogens is 412 g/mol. The van der Waals surface area contributed by atoms with Crippen molar-refractivity contribution in [1.29, 1.82) is 0 Å². The van der Waals surface area contributed by atoms with E-state index in [9.17, 15) is 9.90 Å². The Morgan fingerprint density at radius 3 is 2.64 bits per heavy atom. The van der Waals surface area contributed by atoms with Crippen LogP contribution in [0.4, 0.5) is 0 Å². The van der Waals surface area contributed by atoms with Gasteiger partial charge in [-0.2, -0.15) is 0 Å². The first-order valence-corrected chi connectivity index (χ1v) is 11.2. The Labute approximate surface area is 194 Å². The molecule has 168 valence electrons. The fraction of sp³-hybridized carbons (Fsp3) is 0.214. The quantitative estimate of drug-likeness (QED) is 0.342. The smallest absolute Gasteiger partial charge is 0.251 e. The van der Waals surface area contributed by atoms with Crippen LogP contribution in [-0.2, 0) is 6.42 Å². The number of phenols is 1. The lowest BCUT2D eigenvalue weighted by Crippen LogP contribution is -2.24. The van der Waals surface area contributed by atoms with Crippen LogP contribution in [0.1, 0.15) is 36.2 Å². The second-order valence-electron chi connectivity index (χ2n) is 8.29. The molecule has 0 unspecified atom stereocenters. The molecule has 1 aromatic heterocycles. The number of nitrogens with zero attached hydrogens (tertiary/aromatic N) is 1. The fourth-order valence-electron chi connectivity index (χ4n) is 3.82. The summed E-state index contributed by atoms with van der Waals surface area (Å²) < 4.78 is 6.00. The van der Waals surface area contributed by atoms with Gasteiger partial charge in [0.05, 0.1) is 6.10 Å². The van der Waals surface area contributed by atoms with Crippen LogP contribution in [0.2, 0.25) is 0 Å². The van der Waals surface area contributed by atoms with Gasteiger partial charge in [-0.3, -0.25) is 9.78 Å². The van der Waals surface area contributed by atoms with Crippen LogP contribution in [0.3, 0.4) is 0 Å². The van der Waals surface area contributed by atoms with E-state index in [1.807, 2.05) is 62.4 Å². The van der Waals surface area contributed by atoms with E-state index in [-0.39, 0.29) is 17.8 Å². The topological polar surface area (TPSA) is 71.5 Å². The lowest BCUT2D eigenvalue weighted by molar-refractivity contribution is 0.0953. The number of rotatable bonds is 8. The molecular formula is C28H28N2O3. The highest BCUT2D eigenvalue weighted by atomic mass is 16.5. The van der Waals surface area contributed by atoms with E-state index in [2.05, 4.69) is 22.4 Å². The minimum absolute atomic E-state index is 0.0304. The van der Waals surface area contributed by atoms with E-state index in [1.165, 1.54) is 5.56 Å². The minimum atomic E-state index is -0.132. The molecule has 0 fully saturated rings. The van der Waals surface area contributed by atoms with Crippen molar-refractivity contribution in [3.63, 3.8) is 0 Å². The SMILES string of the molecule is CC(C)Oc1ccc(C(=O)NCCCc2ccccc2)cc1-c1cc(O)c2ncccc2c1. The van der Waals surface area contributed by atoms with E-state index in [0.29, 0.717) is 23.4 Å². The average molecular weight is 441 g/mol. The Balaban J connectivity index is 1.56. The van der Waals surface area contributed by atoms with Gasteiger partial charge < -0.3 is 15.2 Å². The molecule has 1 heterocycles. The number of aromatic nitrogens is 1. The molecule has 4 aromatic rings. The molecule has 2 N–H and O–H groups in total. The molecule has 5 heteroatoms. The monoisotopic (exact) mass is 440 g/mol. The summed E-state index contributed by atoms with van der Waals surface area (Å²) in [4.78, 5) is 17.1. The molecule has 33 heavy (non-hydrogen) atoms. The molecule has 0 bridgehead atoms. The maximum Gasteiger partial charge on any atom is 0.251 e. The number of pyridine rings is 1. The van der Waals surface area contributed by atoms with Crippen LogP contribution < -0.4 is 10.1 Å². The van der Waals surface area contributed by atoms with E-state index in [0.717, 1.165) is 29.4 Å². The zero-order valence-corrected chi connectivity index (χ0v) is 18.9. The molecule has 0 saturated heterocycles. The number of benzene rings is 3. The zero-order chi connectivity index (χ0) is 23.2. The summed E-state index contributed by atoms with van der Waals surface area (Å²) in [6.07, 6.45) is 3.40. The molecule has 0 aliphatic rings. The number of aromatic hydroxyl groups is 1. The number of ether oxygens (including phenoxy) is 1. The van der Waals surface area contributed by atoms with Gasteiger partial charge >= 0.3 is 0 Å². The Morgan fingerprint density at radius 1 is 1.03 bits per heavy atom. The normalized spacial score (nSPS) is 11.0. The van der Waals surface area contributed by atoms with Gasteiger partial charge in [-0.25, -0.2) is 0 Å². The summed E-state index contributed by atoms with van der Waals surface area (Å²) >= 11 is 0. The zero-order valence-electron chi connectivity index (χ0n) is 18.9. The summed E-state index contributed by atoms with van der Waals surface area (Å²) in [5.74, 6) is 0.620. The first-order valence-electron chi connectivity index (χ1n) is 11.2. The molecule has 0 atom stereocenters. The lowest BCUT2D eigenvalue weighted by atomic mass is 9.99. The third kappa shape index (κ3) is 5.50. The Hall–Kier alpha value is -3.86. The molecule has 0 aliphatic heterocycles. The van der Waals surface area contributed by atoms with Crippen molar-refractivity contribution in [3.05, 3.63) is 90.1 Å². The van der Waals surface area contributed by atoms with Gasteiger partial charge in [-0.05, 0) is 74.2 Å². The van der Waals surface area contributed by atoms with Gasteiger partial charge in [0.1, 0.15) is 17.0 Å². The van der Waals surface area contributed by atoms with Crippen LogP contribution in [0, 0.1) is 0 Å². The summed E-state index contributed by atoms with van der Waals surface area (Å²) in [6, 6.07) is 23.0. The number of hydrogen-bond acceptors (Lipinski definition) is 4. The maximum absolute atomic E-state index is 12.8. The molecule has 5 nitrogen and oxygen atoms in total. The number of fused-ring (bicyclic) bond motifs is 1. The van der Waals surface area contributed by atoms with E-state index >= 15 is 0 Å². The summed E-state index contributed by atoms with van der Waals surface area (Å²) in [5.41, 5.74) is 3.87. The van der Waals surface area contributed by atoms with Gasteiger partial charge in [0.25, 0.3) is 5.91 Å². The Bertz CT molecular complexity index is 1250. The van der Waals surface area contributed by atoms with Crippen molar-refractivity contribution in [1.82, 2.24) is 10.3 Å². The highest BCUT2D eigenvalue weighted by Gasteiger charge is 2.15. The van der Waals surface area contributed by atoms with Crippen LogP contribution in [0.15, 0.2) is 79.0 Å². The molecule has 0 saturated carbocycles. The number of aryl methyl sites for hydroxylation is 1. The molecule has 3 aromatic carbocycles. The second-order valence-corrected chi connectivity index (χ2v) is 8.29. The van der Waals surface area contributed by atoms with Crippen molar-refractivity contribution >= 4 is 16.8 Å². The van der Waals surface area contributed by atoms with Gasteiger partial charge in [0, 0.05) is 29.3 Å². The highest BCUT2D eigenvalue weighted by Crippen LogP contribution is 2.36. The van der Waals surface area contributed by atoms with Crippen molar-refractivity contribution in [3.8, 4) is 22.6 Å². The largest absolute Gasteiger partial charge is 0.506 e. The van der Waals surface area contributed by atoms with E-state index < -0.39 is 0 Å². The van der Waals surface area contributed by atoms with Crippen LogP contribution in [0.25, 0.3) is 22.0 Å². The summed E-state index contributed by atoms with van der Waals surface area (Å²) in [6.45, 7) is 4.51. The van der Waals surface area contributed by atoms with Gasteiger partial charge in [0.15, 0.2) is 0 Å². The second kappa shape index (κ2) is 10.2. The standard InChI is InChI=1S/C28H28N2O3/c1-19(2)33-26-13-12-22(28(32)30-15-6-10-20-8-4-3-5-9-20)17-24(26)23-16-21-11-7-14-29-27(21)25(31)18-23/h3-5,7-9,11-14,16-19,31H,6,10,15H2,1-2H3,(H,30,32). The predicted octanol–water partition coefficient (Wildman–Crippen LogP) is 5.76. The van der Waals surface area contributed by atoms with Crippen molar-refractivity contribution in [2.45, 2.75) is 32.8 Å². The van der Waals surface area contributed by atoms with Crippen molar-refractivity contribution in [2.75, 3.05) is 6.54 Å². The first kappa shape index (κ1) is 22.3. The average Bonchev–Trinajstić information content (AvgIpc) is 2.82. The Kier molecular flexibility index (Phi) is 6.89. The number of phenolic OH excluding ortho intramolecular Hbond substituents is 1. The number of carbonyl (C=O) groups excluding carboxylic acids is 1. The molecule has 1 amide bonds. The third-order valence-electron chi connectivity index (χ3n) is 5.37. The number of hydrogen-bond donors (Lipinski definition) is 2. The minimum Gasteiger partial charge on any atom is -0.506 e. The Morgan fingerprint density at radius 2 is 1.85 bits per heavy atom. The van der Waals surface area contributed by atoms with E-state index in [4.69, 9.17) is 4.74 Å². The first-order chi connectivity index (χ1) is 16.0. The van der Waals surface area contributed by atoms with Crippen molar-refractivity contribution in [2.24, 2.45) is 0 Å². The predicted molar refractivity (Wildman–Crippen MR) is 132 cm³/mol. The van der Waals surface area contributed by atoms with E-state index in [1.54, 1.807) is 18.3 Å². The molecule has 4 rings (SSSR count). The van der Waals surface area contributed by atoms with Gasteiger partial charge in [-0.1, -0.05) is 36.4 Å². The fourth-order valence-corrected chi connectivity index (χ4v) is 3.82. The molecule has 0 radical (unpaired) electrons. The van der Waals surface area contributed by atoms with Crippen LogP contribution >= 0.6 is 0 Å². The summed E-state index contributed by atoms with van der Waals surface area (Å²) in [5, 5.41) is 14.3. The van der Waals surface area contributed by atoms with Gasteiger partial charge in [0.2, 0.25) is 0 Å². The maximum atomic E-state index is 12.8. The number of amides is 1. The summed E-state index contributed by atoms with van der Waals surface area (Å²) in [7, 11) is 0. The van der Waals surface area contributed by atoms with Gasteiger partial charge in [-0.15, -0.1) is 0 Å². The molecule has 0 spiro atoms. The number of nitrogens with one attached hydrogen (secondary N) is 1. The molecule has 0 aliphatic carbocycles. The highest BCUT2D eigenvalue weighted by molar-refractivity contribution is 5.97. The number of carbonyl (C=O) groups is 1. The van der Waals surface area contributed by atoms with Crippen LogP contribution in [-0.4, -0.2) is 28.6 Å². The van der Waals surface area contributed by atoms with Crippen molar-refractivity contribution < 1.29 is 14.6 Å². The third-order valence-corrected chi connectivity index (χ3v) is 5.37. The lowest BCUT2D eigenvalue weighted by Gasteiger charge is -2.16.